The molecule has 0 spiro atoms. The summed E-state index contributed by atoms with van der Waals surface area (Å²) in [7, 11) is 0. The first-order valence-corrected chi connectivity index (χ1v) is 16.8. The molecule has 0 unspecified atom stereocenters. The molecule has 1 heterocycles. The highest BCUT2D eigenvalue weighted by molar-refractivity contribution is 7.80. The van der Waals surface area contributed by atoms with Gasteiger partial charge in [0.2, 0.25) is 35.4 Å². The highest BCUT2D eigenvalue weighted by Crippen LogP contribution is 2.15. The van der Waals surface area contributed by atoms with E-state index in [2.05, 4.69) is 44.5 Å². The van der Waals surface area contributed by atoms with Gasteiger partial charge in [-0.25, -0.2) is 0 Å². The Kier molecular flexibility index (Phi) is 15.5. The van der Waals surface area contributed by atoms with Crippen molar-refractivity contribution in [1.82, 2.24) is 31.9 Å². The number of rotatable bonds is 9. The van der Waals surface area contributed by atoms with Crippen LogP contribution in [0.25, 0.3) is 0 Å². The minimum Gasteiger partial charge on any atom is -0.343 e. The van der Waals surface area contributed by atoms with E-state index in [0.717, 1.165) is 5.56 Å². The van der Waals surface area contributed by atoms with Crippen molar-refractivity contribution < 1.29 is 28.8 Å². The topological polar surface area (TPSA) is 175 Å². The number of carbonyl (C=O) groups is 6. The van der Waals surface area contributed by atoms with Crippen molar-refractivity contribution in [2.45, 2.75) is 110 Å². The van der Waals surface area contributed by atoms with Crippen LogP contribution in [0.4, 0.5) is 0 Å². The SMILES string of the molecule is CC[C@H](C)[C@@H]1NC(=O)[C@H](CC(C)C)NC(=O)[C@H](C)NC(=O)[C@H](CS)NC(=O)[C@H](Cc2ccccc2)NC(=O)[C@H]([C@@H](C)CC)NC1=O. The van der Waals surface area contributed by atoms with E-state index in [4.69, 9.17) is 0 Å². The van der Waals surface area contributed by atoms with Gasteiger partial charge in [0.15, 0.2) is 0 Å². The van der Waals surface area contributed by atoms with Gasteiger partial charge in [0.1, 0.15) is 36.3 Å². The Hall–Kier alpha value is -3.61. The van der Waals surface area contributed by atoms with E-state index >= 15 is 0 Å². The molecule has 1 aliphatic rings. The van der Waals surface area contributed by atoms with E-state index in [0.29, 0.717) is 12.8 Å². The summed E-state index contributed by atoms with van der Waals surface area (Å²) < 4.78 is 0. The van der Waals surface area contributed by atoms with Crippen LogP contribution < -0.4 is 31.9 Å². The molecule has 0 aliphatic carbocycles. The number of thiol groups is 1. The van der Waals surface area contributed by atoms with E-state index in [1.165, 1.54) is 6.92 Å². The van der Waals surface area contributed by atoms with Crippen LogP contribution in [0, 0.1) is 17.8 Å². The summed E-state index contributed by atoms with van der Waals surface area (Å²) in [5, 5.41) is 16.4. The second kappa shape index (κ2) is 18.5. The molecular formula is C33H52N6O6S. The first-order chi connectivity index (χ1) is 21.7. The molecule has 0 saturated carbocycles. The summed E-state index contributed by atoms with van der Waals surface area (Å²) in [5.74, 6) is -4.24. The van der Waals surface area contributed by atoms with Crippen LogP contribution in [-0.2, 0) is 35.2 Å². The smallest absolute Gasteiger partial charge is 0.244 e. The van der Waals surface area contributed by atoms with Gasteiger partial charge in [-0.3, -0.25) is 28.8 Å². The standard InChI is InChI=1S/C33H52N6O6S/c1-8-19(5)26-32(44)36-24(16-22-13-11-10-12-14-22)29(41)37-25(17-46)31(43)34-21(7)28(40)35-23(15-18(3)4)30(42)38-27(20(6)9-2)33(45)39-26/h10-14,18-21,23-27,46H,8-9,15-17H2,1-7H3,(H,34,43)(H,35,40)(H,36,44)(H,37,41)(H,38,42)(H,39,45)/t19-,20-,21-,23-,24-,25-,26-,27-/m0/s1. The number of hydrogen-bond donors (Lipinski definition) is 7. The fourth-order valence-corrected chi connectivity index (χ4v) is 5.32. The molecular weight excluding hydrogens is 608 g/mol. The van der Waals surface area contributed by atoms with Crippen molar-refractivity contribution in [1.29, 1.82) is 0 Å². The molecule has 12 nitrogen and oxygen atoms in total. The summed E-state index contributed by atoms with van der Waals surface area (Å²) in [6.45, 7) is 12.7. The molecule has 8 atom stereocenters. The summed E-state index contributed by atoms with van der Waals surface area (Å²) in [4.78, 5) is 81.3. The van der Waals surface area contributed by atoms with Crippen LogP contribution in [0.2, 0.25) is 0 Å². The maximum Gasteiger partial charge on any atom is 0.244 e. The van der Waals surface area contributed by atoms with E-state index in [9.17, 15) is 28.8 Å². The fraction of sp³-hybridized carbons (Fsp3) is 0.636. The maximum absolute atomic E-state index is 13.8. The van der Waals surface area contributed by atoms with Gasteiger partial charge in [0.25, 0.3) is 0 Å². The molecule has 1 fully saturated rings. The normalized spacial score (nSPS) is 27.2. The van der Waals surface area contributed by atoms with Gasteiger partial charge in [-0.1, -0.05) is 84.7 Å². The van der Waals surface area contributed by atoms with E-state index in [1.807, 2.05) is 71.9 Å². The number of hydrogen-bond acceptors (Lipinski definition) is 7. The van der Waals surface area contributed by atoms with Crippen molar-refractivity contribution in [3.8, 4) is 0 Å². The third-order valence-corrected chi connectivity index (χ3v) is 8.77. The molecule has 46 heavy (non-hydrogen) atoms. The predicted octanol–water partition coefficient (Wildman–Crippen LogP) is 1.24. The van der Waals surface area contributed by atoms with Crippen molar-refractivity contribution in [3.05, 3.63) is 35.9 Å². The molecule has 1 aromatic rings. The van der Waals surface area contributed by atoms with Crippen LogP contribution in [0.5, 0.6) is 0 Å². The Morgan fingerprint density at radius 2 is 1.07 bits per heavy atom. The Balaban J connectivity index is 2.59. The molecule has 256 valence electrons. The Morgan fingerprint density at radius 1 is 0.609 bits per heavy atom. The zero-order valence-electron chi connectivity index (χ0n) is 28.0. The van der Waals surface area contributed by atoms with E-state index < -0.39 is 71.7 Å². The molecule has 1 aromatic carbocycles. The summed E-state index contributed by atoms with van der Waals surface area (Å²) in [5.41, 5.74) is 0.766. The Bertz CT molecular complexity index is 1210. The Labute approximate surface area is 278 Å². The maximum atomic E-state index is 13.8. The highest BCUT2D eigenvalue weighted by Gasteiger charge is 2.36. The number of benzene rings is 1. The number of amides is 6. The summed E-state index contributed by atoms with van der Waals surface area (Å²) in [6, 6.07) is 2.77. The number of carbonyl (C=O) groups excluding carboxylic acids is 6. The summed E-state index contributed by atoms with van der Waals surface area (Å²) >= 11 is 4.25. The second-order valence-corrected chi connectivity index (χ2v) is 13.0. The van der Waals surface area contributed by atoms with E-state index in [1.54, 1.807) is 0 Å². The van der Waals surface area contributed by atoms with Gasteiger partial charge >= 0.3 is 0 Å². The van der Waals surface area contributed by atoms with Gasteiger partial charge in [-0.2, -0.15) is 12.6 Å². The zero-order chi connectivity index (χ0) is 34.6. The van der Waals surface area contributed by atoms with Crippen LogP contribution in [0.15, 0.2) is 30.3 Å². The molecule has 6 amide bonds. The lowest BCUT2D eigenvalue weighted by molar-refractivity contribution is -0.137. The molecule has 1 aliphatic heterocycles. The van der Waals surface area contributed by atoms with Gasteiger partial charge in [-0.05, 0) is 36.7 Å². The molecule has 0 aromatic heterocycles. The first kappa shape index (κ1) is 38.6. The largest absolute Gasteiger partial charge is 0.343 e. The molecule has 6 N–H and O–H groups in total. The summed E-state index contributed by atoms with van der Waals surface area (Å²) in [6.07, 6.45) is 1.48. The fourth-order valence-electron chi connectivity index (χ4n) is 5.07. The molecule has 2 rings (SSSR count). The second-order valence-electron chi connectivity index (χ2n) is 12.7. The quantitative estimate of drug-likeness (QED) is 0.196. The van der Waals surface area contributed by atoms with Gasteiger partial charge in [-0.15, -0.1) is 0 Å². The third kappa shape index (κ3) is 11.3. The van der Waals surface area contributed by atoms with Crippen LogP contribution in [0.1, 0.15) is 73.3 Å². The first-order valence-electron chi connectivity index (χ1n) is 16.2. The third-order valence-electron chi connectivity index (χ3n) is 8.41. The van der Waals surface area contributed by atoms with Crippen molar-refractivity contribution >= 4 is 48.1 Å². The van der Waals surface area contributed by atoms with Crippen LogP contribution >= 0.6 is 12.6 Å². The highest BCUT2D eigenvalue weighted by atomic mass is 32.1. The van der Waals surface area contributed by atoms with Crippen LogP contribution in [-0.4, -0.2) is 77.4 Å². The average Bonchev–Trinajstić information content (AvgIpc) is 3.02. The lowest BCUT2D eigenvalue weighted by atomic mass is 9.94. The molecule has 0 bridgehead atoms. The lowest BCUT2D eigenvalue weighted by Crippen LogP contribution is -2.63. The van der Waals surface area contributed by atoms with Gasteiger partial charge < -0.3 is 31.9 Å². The number of nitrogens with one attached hydrogen (secondary N) is 6. The van der Waals surface area contributed by atoms with Gasteiger partial charge in [0.05, 0.1) is 0 Å². The minimum atomic E-state index is -1.13. The predicted molar refractivity (Wildman–Crippen MR) is 180 cm³/mol. The Morgan fingerprint density at radius 3 is 1.59 bits per heavy atom. The minimum absolute atomic E-state index is 0.0146. The van der Waals surface area contributed by atoms with Crippen molar-refractivity contribution in [3.63, 3.8) is 0 Å². The van der Waals surface area contributed by atoms with E-state index in [-0.39, 0.29) is 36.3 Å². The monoisotopic (exact) mass is 660 g/mol. The van der Waals surface area contributed by atoms with Crippen LogP contribution in [0.3, 0.4) is 0 Å². The van der Waals surface area contributed by atoms with Crippen molar-refractivity contribution in [2.24, 2.45) is 17.8 Å². The van der Waals surface area contributed by atoms with Gasteiger partial charge in [0, 0.05) is 12.2 Å². The zero-order valence-corrected chi connectivity index (χ0v) is 28.9. The van der Waals surface area contributed by atoms with Crippen molar-refractivity contribution in [2.75, 3.05) is 5.75 Å². The lowest BCUT2D eigenvalue weighted by Gasteiger charge is -2.31. The molecule has 0 radical (unpaired) electrons. The average molecular weight is 661 g/mol. The molecule has 1 saturated heterocycles. The molecule has 13 heteroatoms.